The topological polar surface area (TPSA) is 76.5 Å². The number of unbranched alkanes of at least 4 members (excludes halogenated alkanes) is 1. The van der Waals surface area contributed by atoms with Crippen molar-refractivity contribution in [2.24, 2.45) is 0 Å². The largest absolute Gasteiger partial charge is 0.383 e. The van der Waals surface area contributed by atoms with Gasteiger partial charge in [0.2, 0.25) is 5.91 Å². The zero-order valence-corrected chi connectivity index (χ0v) is 22.0. The molecule has 0 saturated heterocycles. The average Bonchev–Trinajstić information content (AvgIpc) is 3.38. The number of nitrogens with zero attached hydrogens (tertiary/aromatic N) is 3. The summed E-state index contributed by atoms with van der Waals surface area (Å²) in [4.78, 5) is 28.1. The minimum Gasteiger partial charge on any atom is -0.383 e. The van der Waals surface area contributed by atoms with Gasteiger partial charge in [0.15, 0.2) is 0 Å². The molecule has 1 aromatic heterocycles. The van der Waals surface area contributed by atoms with Crippen molar-refractivity contribution < 1.29 is 14.3 Å². The van der Waals surface area contributed by atoms with Gasteiger partial charge in [0.1, 0.15) is 12.4 Å². The minimum absolute atomic E-state index is 0.111. The van der Waals surface area contributed by atoms with E-state index in [0.717, 1.165) is 36.2 Å². The number of amides is 2. The fraction of sp³-hybridized carbons (Fsp3) is 0.258. The molecule has 0 spiro atoms. The van der Waals surface area contributed by atoms with E-state index in [0.29, 0.717) is 24.5 Å². The molecule has 4 rings (SSSR count). The van der Waals surface area contributed by atoms with E-state index >= 15 is 0 Å². The predicted octanol–water partition coefficient (Wildman–Crippen LogP) is 5.61. The van der Waals surface area contributed by atoms with Crippen LogP contribution in [0, 0.1) is 0 Å². The number of anilines is 1. The van der Waals surface area contributed by atoms with Crippen molar-refractivity contribution in [3.63, 3.8) is 0 Å². The number of benzene rings is 3. The molecule has 0 unspecified atom stereocenters. The van der Waals surface area contributed by atoms with Gasteiger partial charge < -0.3 is 15.0 Å². The molecule has 7 nitrogen and oxygen atoms in total. The zero-order valence-electron chi connectivity index (χ0n) is 22.0. The number of rotatable bonds is 12. The molecular weight excluding hydrogens is 476 g/mol. The summed E-state index contributed by atoms with van der Waals surface area (Å²) in [7, 11) is 1.58. The number of aromatic nitrogens is 2. The van der Waals surface area contributed by atoms with E-state index in [2.05, 4.69) is 12.2 Å². The van der Waals surface area contributed by atoms with Gasteiger partial charge in [-0.3, -0.25) is 9.59 Å². The highest BCUT2D eigenvalue weighted by molar-refractivity contribution is 5.99. The summed E-state index contributed by atoms with van der Waals surface area (Å²) in [5.41, 5.74) is 4.25. The molecule has 0 aliphatic carbocycles. The van der Waals surface area contributed by atoms with E-state index < -0.39 is 0 Å². The van der Waals surface area contributed by atoms with Gasteiger partial charge in [-0.1, -0.05) is 74.0 Å². The number of ether oxygens (including phenoxy) is 1. The highest BCUT2D eigenvalue weighted by Gasteiger charge is 2.21. The SMILES string of the molecule is CCCCc1ccc(C(=O)N(CCOC)CC(=O)Nc2cc(-c3ccccc3)nn2-c2ccccc2)cc1. The lowest BCUT2D eigenvalue weighted by molar-refractivity contribution is -0.117. The maximum absolute atomic E-state index is 13.3. The first-order valence-electron chi connectivity index (χ1n) is 13.0. The molecule has 0 atom stereocenters. The van der Waals surface area contributed by atoms with Crippen LogP contribution in [0.15, 0.2) is 91.0 Å². The van der Waals surface area contributed by atoms with Gasteiger partial charge in [-0.25, -0.2) is 4.68 Å². The Labute approximate surface area is 224 Å². The molecule has 1 N–H and O–H groups in total. The molecule has 0 fully saturated rings. The molecule has 0 saturated carbocycles. The number of para-hydroxylation sites is 1. The number of carbonyl (C=O) groups excluding carboxylic acids is 2. The molecule has 4 aromatic rings. The molecular formula is C31H34N4O3. The van der Waals surface area contributed by atoms with Gasteiger partial charge in [0, 0.05) is 30.8 Å². The Morgan fingerprint density at radius 2 is 1.63 bits per heavy atom. The van der Waals surface area contributed by atoms with Crippen molar-refractivity contribution >= 4 is 17.6 Å². The minimum atomic E-state index is -0.314. The van der Waals surface area contributed by atoms with Crippen molar-refractivity contribution in [2.45, 2.75) is 26.2 Å². The standard InChI is InChI=1S/C31H34N4O3/c1-3-4-11-24-16-18-26(19-17-24)31(37)34(20-21-38-2)23-30(36)32-29-22-28(25-12-7-5-8-13-25)33-35(29)27-14-9-6-10-15-27/h5-10,12-19,22H,3-4,11,20-21,23H2,1-2H3,(H,32,36). The fourth-order valence-corrected chi connectivity index (χ4v) is 4.17. The Morgan fingerprint density at radius 3 is 2.29 bits per heavy atom. The average molecular weight is 511 g/mol. The molecule has 0 aliphatic heterocycles. The van der Waals surface area contributed by atoms with Gasteiger partial charge in [-0.2, -0.15) is 5.10 Å². The van der Waals surface area contributed by atoms with Gasteiger partial charge >= 0.3 is 0 Å². The van der Waals surface area contributed by atoms with Crippen LogP contribution in [0.3, 0.4) is 0 Å². The second kappa shape index (κ2) is 13.4. The molecule has 196 valence electrons. The molecule has 0 radical (unpaired) electrons. The number of carbonyl (C=O) groups is 2. The highest BCUT2D eigenvalue weighted by atomic mass is 16.5. The predicted molar refractivity (Wildman–Crippen MR) is 150 cm³/mol. The summed E-state index contributed by atoms with van der Waals surface area (Å²) in [6, 6.07) is 28.9. The lowest BCUT2D eigenvalue weighted by atomic mass is 10.1. The first-order valence-corrected chi connectivity index (χ1v) is 13.0. The summed E-state index contributed by atoms with van der Waals surface area (Å²) in [5.74, 6) is 0.00552. The van der Waals surface area contributed by atoms with Gasteiger partial charge in [0.05, 0.1) is 18.0 Å². The first-order chi connectivity index (χ1) is 18.6. The molecule has 0 bridgehead atoms. The zero-order chi connectivity index (χ0) is 26.7. The van der Waals surface area contributed by atoms with E-state index in [1.54, 1.807) is 11.8 Å². The number of aryl methyl sites for hydroxylation is 1. The summed E-state index contributed by atoms with van der Waals surface area (Å²) in [6.07, 6.45) is 3.22. The number of hydrogen-bond acceptors (Lipinski definition) is 4. The lowest BCUT2D eigenvalue weighted by Gasteiger charge is -2.22. The Bertz CT molecular complexity index is 1320. The van der Waals surface area contributed by atoms with Crippen LogP contribution in [0.5, 0.6) is 0 Å². The van der Waals surface area contributed by atoms with E-state index in [1.807, 2.05) is 91.0 Å². The van der Waals surface area contributed by atoms with E-state index in [9.17, 15) is 9.59 Å². The Hall–Kier alpha value is -4.23. The highest BCUT2D eigenvalue weighted by Crippen LogP contribution is 2.24. The molecule has 7 heteroatoms. The third kappa shape index (κ3) is 6.95. The summed E-state index contributed by atoms with van der Waals surface area (Å²) in [6.45, 7) is 2.67. The quantitative estimate of drug-likeness (QED) is 0.269. The molecule has 38 heavy (non-hydrogen) atoms. The van der Waals surface area contributed by atoms with Crippen LogP contribution < -0.4 is 5.32 Å². The number of hydrogen-bond donors (Lipinski definition) is 1. The Kier molecular flexibility index (Phi) is 9.43. The fourth-order valence-electron chi connectivity index (χ4n) is 4.17. The third-order valence-electron chi connectivity index (χ3n) is 6.25. The van der Waals surface area contributed by atoms with E-state index in [4.69, 9.17) is 9.84 Å². The number of methoxy groups -OCH3 is 1. The second-order valence-electron chi connectivity index (χ2n) is 9.10. The van der Waals surface area contributed by atoms with Crippen LogP contribution in [0.25, 0.3) is 16.9 Å². The van der Waals surface area contributed by atoms with Gasteiger partial charge in [0.25, 0.3) is 5.91 Å². The molecule has 1 heterocycles. The number of nitrogens with one attached hydrogen (secondary N) is 1. The second-order valence-corrected chi connectivity index (χ2v) is 9.10. The van der Waals surface area contributed by atoms with Crippen molar-refractivity contribution in [2.75, 3.05) is 32.1 Å². The monoisotopic (exact) mass is 510 g/mol. The molecule has 0 aliphatic rings. The van der Waals surface area contributed by atoms with E-state index in [-0.39, 0.29) is 18.4 Å². The summed E-state index contributed by atoms with van der Waals surface area (Å²) >= 11 is 0. The third-order valence-corrected chi connectivity index (χ3v) is 6.25. The lowest BCUT2D eigenvalue weighted by Crippen LogP contribution is -2.40. The van der Waals surface area contributed by atoms with Crippen LogP contribution in [-0.4, -0.2) is 53.3 Å². The van der Waals surface area contributed by atoms with Crippen molar-refractivity contribution in [1.29, 1.82) is 0 Å². The molecule has 2 amide bonds. The normalized spacial score (nSPS) is 10.8. The van der Waals surface area contributed by atoms with E-state index in [1.165, 1.54) is 10.5 Å². The smallest absolute Gasteiger partial charge is 0.254 e. The maximum Gasteiger partial charge on any atom is 0.254 e. The first kappa shape index (κ1) is 26.8. The van der Waals surface area contributed by atoms with Crippen molar-refractivity contribution in [3.05, 3.63) is 102 Å². The van der Waals surface area contributed by atoms with Crippen molar-refractivity contribution in [1.82, 2.24) is 14.7 Å². The van der Waals surface area contributed by atoms with Gasteiger partial charge in [-0.05, 0) is 42.7 Å². The Morgan fingerprint density at radius 1 is 0.947 bits per heavy atom. The van der Waals surface area contributed by atoms with Crippen LogP contribution in [-0.2, 0) is 16.0 Å². The summed E-state index contributed by atoms with van der Waals surface area (Å²) in [5, 5.41) is 7.72. The van der Waals surface area contributed by atoms with Crippen molar-refractivity contribution in [3.8, 4) is 16.9 Å². The maximum atomic E-state index is 13.3. The van der Waals surface area contributed by atoms with Gasteiger partial charge in [-0.15, -0.1) is 0 Å². The Balaban J connectivity index is 1.53. The van der Waals surface area contributed by atoms with Crippen LogP contribution in [0.2, 0.25) is 0 Å². The van der Waals surface area contributed by atoms with Crippen LogP contribution in [0.1, 0.15) is 35.7 Å². The molecule has 3 aromatic carbocycles. The van der Waals surface area contributed by atoms with Crippen LogP contribution >= 0.6 is 0 Å². The summed E-state index contributed by atoms with van der Waals surface area (Å²) < 4.78 is 6.92. The van der Waals surface area contributed by atoms with Crippen LogP contribution in [0.4, 0.5) is 5.82 Å².